The summed E-state index contributed by atoms with van der Waals surface area (Å²) in [6.45, 7) is 7.37. The normalized spacial score (nSPS) is 13.0. The number of rotatable bonds is 9. The third kappa shape index (κ3) is 7.18. The fourth-order valence-electron chi connectivity index (χ4n) is 2.11. The molecular weight excluding hydrogens is 267 g/mol. The van der Waals surface area contributed by atoms with Crippen molar-refractivity contribution in [1.29, 1.82) is 0 Å². The topological polar surface area (TPSA) is 35.5 Å². The molecule has 0 aromatic heterocycles. The molecule has 0 saturated carbocycles. The molecule has 0 heterocycles. The van der Waals surface area contributed by atoms with Crippen molar-refractivity contribution in [3.63, 3.8) is 0 Å². The number of hydroxylamine groups is 2. The molecule has 21 heavy (non-hydrogen) atoms. The molecule has 0 aliphatic carbocycles. The maximum atomic E-state index is 12.8. The van der Waals surface area contributed by atoms with Crippen LogP contribution in [-0.2, 0) is 6.42 Å². The molecule has 0 saturated heterocycles. The van der Waals surface area contributed by atoms with Gasteiger partial charge in [0, 0.05) is 19.6 Å². The van der Waals surface area contributed by atoms with Gasteiger partial charge in [-0.1, -0.05) is 30.9 Å². The molecule has 1 unspecified atom stereocenters. The van der Waals surface area contributed by atoms with E-state index < -0.39 is 0 Å². The van der Waals surface area contributed by atoms with Crippen LogP contribution < -0.4 is 5.32 Å². The minimum absolute atomic E-state index is 0.122. The highest BCUT2D eigenvalue weighted by atomic mass is 19.1. The number of allylic oxidation sites excluding steroid dienone is 1. The number of hydrogen-bond acceptors (Lipinski definition) is 3. The van der Waals surface area contributed by atoms with Crippen molar-refractivity contribution < 1.29 is 9.60 Å². The third-order valence-electron chi connectivity index (χ3n) is 3.29. The first-order valence-corrected chi connectivity index (χ1v) is 7.22. The smallest absolute Gasteiger partial charge is 0.123 e. The molecule has 0 bridgehead atoms. The van der Waals surface area contributed by atoms with Gasteiger partial charge in [0.15, 0.2) is 0 Å². The van der Waals surface area contributed by atoms with Crippen molar-refractivity contribution in [1.82, 2.24) is 10.4 Å². The van der Waals surface area contributed by atoms with Crippen molar-refractivity contribution in [2.45, 2.75) is 25.8 Å². The Labute approximate surface area is 126 Å². The maximum Gasteiger partial charge on any atom is 0.123 e. The van der Waals surface area contributed by atoms with Crippen LogP contribution >= 0.6 is 0 Å². The Hall–Kier alpha value is -1.49. The average Bonchev–Trinajstić information content (AvgIpc) is 2.44. The van der Waals surface area contributed by atoms with Crippen molar-refractivity contribution in [2.75, 3.05) is 20.1 Å². The standard InChI is InChI=1S/C17H25FN2O/c1-4-5-14(2)17(11-13-20(3)21)19-12-10-15-6-8-16(18)9-7-15/h4-9,17,19,21H,2,10-13H2,1,3H3/b5-4-. The second kappa shape index (κ2) is 9.45. The van der Waals surface area contributed by atoms with E-state index in [4.69, 9.17) is 0 Å². The van der Waals surface area contributed by atoms with Gasteiger partial charge in [0.1, 0.15) is 5.82 Å². The number of halogens is 1. The van der Waals surface area contributed by atoms with Crippen molar-refractivity contribution in [3.05, 3.63) is 60.0 Å². The summed E-state index contributed by atoms with van der Waals surface area (Å²) in [6.07, 6.45) is 5.54. The highest BCUT2D eigenvalue weighted by Crippen LogP contribution is 2.08. The van der Waals surface area contributed by atoms with Gasteiger partial charge in [0.2, 0.25) is 0 Å². The van der Waals surface area contributed by atoms with Crippen LogP contribution in [0.2, 0.25) is 0 Å². The van der Waals surface area contributed by atoms with Crippen LogP contribution in [0.1, 0.15) is 18.9 Å². The summed E-state index contributed by atoms with van der Waals surface area (Å²) in [5, 5.41) is 13.9. The Kier molecular flexibility index (Phi) is 7.90. The van der Waals surface area contributed by atoms with E-state index in [9.17, 15) is 9.60 Å². The summed E-state index contributed by atoms with van der Waals surface area (Å²) in [7, 11) is 1.63. The summed E-state index contributed by atoms with van der Waals surface area (Å²) in [4.78, 5) is 0. The lowest BCUT2D eigenvalue weighted by Gasteiger charge is -2.21. The van der Waals surface area contributed by atoms with Crippen molar-refractivity contribution in [2.24, 2.45) is 0 Å². The van der Waals surface area contributed by atoms with Crippen LogP contribution in [0.4, 0.5) is 4.39 Å². The lowest BCUT2D eigenvalue weighted by Crippen LogP contribution is -2.34. The van der Waals surface area contributed by atoms with Crippen LogP contribution in [0.5, 0.6) is 0 Å². The molecule has 0 aliphatic rings. The molecule has 1 atom stereocenters. The van der Waals surface area contributed by atoms with Crippen molar-refractivity contribution >= 4 is 0 Å². The largest absolute Gasteiger partial charge is 0.314 e. The zero-order chi connectivity index (χ0) is 15.7. The zero-order valence-corrected chi connectivity index (χ0v) is 12.8. The first-order chi connectivity index (χ1) is 10.0. The molecular formula is C17H25FN2O. The fraction of sp³-hybridized carbons (Fsp3) is 0.412. The van der Waals surface area contributed by atoms with E-state index >= 15 is 0 Å². The summed E-state index contributed by atoms with van der Waals surface area (Å²) < 4.78 is 12.8. The Bertz CT molecular complexity index is 454. The number of nitrogens with one attached hydrogen (secondary N) is 1. The Morgan fingerprint density at radius 2 is 2.10 bits per heavy atom. The first-order valence-electron chi connectivity index (χ1n) is 7.22. The minimum Gasteiger partial charge on any atom is -0.314 e. The molecule has 0 aliphatic heterocycles. The molecule has 3 nitrogen and oxygen atoms in total. The third-order valence-corrected chi connectivity index (χ3v) is 3.29. The predicted molar refractivity (Wildman–Crippen MR) is 84.9 cm³/mol. The van der Waals surface area contributed by atoms with Gasteiger partial charge in [-0.3, -0.25) is 0 Å². The number of nitrogens with zero attached hydrogens (tertiary/aromatic N) is 1. The maximum absolute atomic E-state index is 12.8. The van der Waals surface area contributed by atoms with E-state index in [2.05, 4.69) is 11.9 Å². The highest BCUT2D eigenvalue weighted by molar-refractivity contribution is 5.21. The molecule has 1 aromatic carbocycles. The predicted octanol–water partition coefficient (Wildman–Crippen LogP) is 3.17. The monoisotopic (exact) mass is 292 g/mol. The first kappa shape index (κ1) is 17.6. The lowest BCUT2D eigenvalue weighted by molar-refractivity contribution is -0.0662. The molecule has 116 valence electrons. The van der Waals surface area contributed by atoms with Gasteiger partial charge < -0.3 is 10.5 Å². The van der Waals surface area contributed by atoms with E-state index in [0.717, 1.165) is 30.5 Å². The average molecular weight is 292 g/mol. The summed E-state index contributed by atoms with van der Waals surface area (Å²) in [5.41, 5.74) is 2.09. The van der Waals surface area contributed by atoms with Crippen LogP contribution in [0.15, 0.2) is 48.6 Å². The van der Waals surface area contributed by atoms with Gasteiger partial charge in [-0.05, 0) is 49.6 Å². The Morgan fingerprint density at radius 3 is 2.67 bits per heavy atom. The summed E-state index contributed by atoms with van der Waals surface area (Å²) >= 11 is 0. The van der Waals surface area contributed by atoms with E-state index in [1.165, 1.54) is 17.2 Å². The van der Waals surface area contributed by atoms with Gasteiger partial charge in [0.25, 0.3) is 0 Å². The summed E-state index contributed by atoms with van der Waals surface area (Å²) in [6, 6.07) is 6.68. The number of hydrogen-bond donors (Lipinski definition) is 2. The van der Waals surface area contributed by atoms with Gasteiger partial charge in [-0.15, -0.1) is 0 Å². The molecule has 4 heteroatoms. The van der Waals surface area contributed by atoms with Crippen LogP contribution in [0.25, 0.3) is 0 Å². The zero-order valence-electron chi connectivity index (χ0n) is 12.8. The SMILES string of the molecule is C=C(/C=C\C)C(CCN(C)O)NCCc1ccc(F)cc1. The lowest BCUT2D eigenvalue weighted by atomic mass is 10.0. The van der Waals surface area contributed by atoms with E-state index in [1.807, 2.05) is 19.1 Å². The quantitative estimate of drug-likeness (QED) is 0.542. The molecule has 1 rings (SSSR count). The molecule has 1 aromatic rings. The second-order valence-corrected chi connectivity index (χ2v) is 5.13. The van der Waals surface area contributed by atoms with Gasteiger partial charge >= 0.3 is 0 Å². The van der Waals surface area contributed by atoms with Gasteiger partial charge in [0.05, 0.1) is 0 Å². The van der Waals surface area contributed by atoms with Crippen LogP contribution in [0.3, 0.4) is 0 Å². The summed E-state index contributed by atoms with van der Waals surface area (Å²) in [5.74, 6) is -0.211. The van der Waals surface area contributed by atoms with Crippen molar-refractivity contribution in [3.8, 4) is 0 Å². The molecule has 0 fully saturated rings. The van der Waals surface area contributed by atoms with E-state index in [1.54, 1.807) is 19.2 Å². The van der Waals surface area contributed by atoms with E-state index in [0.29, 0.717) is 6.54 Å². The van der Waals surface area contributed by atoms with Gasteiger partial charge in [-0.2, -0.15) is 5.06 Å². The van der Waals surface area contributed by atoms with Gasteiger partial charge in [-0.25, -0.2) is 4.39 Å². The molecule has 0 radical (unpaired) electrons. The number of benzene rings is 1. The highest BCUT2D eigenvalue weighted by Gasteiger charge is 2.10. The molecule has 0 spiro atoms. The molecule has 0 amide bonds. The fourth-order valence-corrected chi connectivity index (χ4v) is 2.11. The minimum atomic E-state index is -0.211. The Balaban J connectivity index is 2.47. The van der Waals surface area contributed by atoms with E-state index in [-0.39, 0.29) is 11.9 Å². The molecule has 2 N–H and O–H groups in total. The van der Waals surface area contributed by atoms with Crippen LogP contribution in [-0.4, -0.2) is 36.4 Å². The van der Waals surface area contributed by atoms with Crippen LogP contribution in [0, 0.1) is 5.82 Å². The second-order valence-electron chi connectivity index (χ2n) is 5.13. The Morgan fingerprint density at radius 1 is 1.43 bits per heavy atom.